The molecule has 100 valence electrons. The van der Waals surface area contributed by atoms with Gasteiger partial charge in [-0.3, -0.25) is 9.59 Å². The molecule has 1 aromatic rings. The Kier molecular flexibility index (Phi) is 5.47. The molecule has 0 aliphatic heterocycles. The lowest BCUT2D eigenvalue weighted by Gasteiger charge is -2.04. The minimum absolute atomic E-state index is 0.168. The Morgan fingerprint density at radius 1 is 1.05 bits per heavy atom. The number of benzene rings is 1. The fraction of sp³-hybridized carbons (Fsp3) is 0.214. The maximum absolute atomic E-state index is 11.5. The summed E-state index contributed by atoms with van der Waals surface area (Å²) in [5, 5.41) is 0. The Morgan fingerprint density at radius 2 is 1.63 bits per heavy atom. The molecule has 0 N–H and O–H groups in total. The van der Waals surface area contributed by atoms with E-state index in [1.54, 1.807) is 24.3 Å². The third-order valence-corrected chi connectivity index (χ3v) is 2.42. The molecule has 19 heavy (non-hydrogen) atoms. The maximum atomic E-state index is 11.5. The minimum Gasteiger partial charge on any atom is -0.469 e. The van der Waals surface area contributed by atoms with Gasteiger partial charge in [0.1, 0.15) is 6.29 Å². The van der Waals surface area contributed by atoms with Crippen molar-refractivity contribution in [3.63, 3.8) is 0 Å². The van der Waals surface area contributed by atoms with E-state index in [1.165, 1.54) is 20.3 Å². The number of carbonyl (C=O) groups excluding carboxylic acids is 3. The summed E-state index contributed by atoms with van der Waals surface area (Å²) in [6, 6.07) is 6.58. The Morgan fingerprint density at radius 3 is 2.11 bits per heavy atom. The first-order valence-electron chi connectivity index (χ1n) is 5.51. The topological polar surface area (TPSA) is 69.7 Å². The number of hydrogen-bond acceptors (Lipinski definition) is 5. The fourth-order valence-corrected chi connectivity index (χ4v) is 1.41. The first-order chi connectivity index (χ1) is 9.10. The normalized spacial score (nSPS) is 10.7. The standard InChI is InChI=1S/C14H14O5/c1-18-13(16)8-12(14(17)19-2)7-10-3-5-11(9-15)6-4-10/h3-7,9H,8H2,1-2H3/b12-7+. The SMILES string of the molecule is COC(=O)C/C(=C\c1ccc(C=O)cc1)C(=O)OC. The average Bonchev–Trinajstić information content (AvgIpc) is 2.46. The molecule has 0 atom stereocenters. The molecule has 5 heteroatoms. The first-order valence-corrected chi connectivity index (χ1v) is 5.51. The molecule has 1 rings (SSSR count). The van der Waals surface area contributed by atoms with Crippen molar-refractivity contribution < 1.29 is 23.9 Å². The number of ether oxygens (including phenoxy) is 2. The highest BCUT2D eigenvalue weighted by molar-refractivity contribution is 5.98. The van der Waals surface area contributed by atoms with Gasteiger partial charge in [0, 0.05) is 11.1 Å². The van der Waals surface area contributed by atoms with Crippen LogP contribution in [0.15, 0.2) is 29.8 Å². The summed E-state index contributed by atoms with van der Waals surface area (Å²) in [6.45, 7) is 0. The molecule has 0 fully saturated rings. The highest BCUT2D eigenvalue weighted by Gasteiger charge is 2.14. The van der Waals surface area contributed by atoms with Gasteiger partial charge in [0.25, 0.3) is 0 Å². The van der Waals surface area contributed by atoms with E-state index in [9.17, 15) is 14.4 Å². The summed E-state index contributed by atoms with van der Waals surface area (Å²) in [5.41, 5.74) is 1.41. The van der Waals surface area contributed by atoms with Gasteiger partial charge >= 0.3 is 11.9 Å². The van der Waals surface area contributed by atoms with Crippen molar-refractivity contribution in [2.45, 2.75) is 6.42 Å². The molecule has 0 saturated heterocycles. The van der Waals surface area contributed by atoms with Crippen molar-refractivity contribution in [1.82, 2.24) is 0 Å². The quantitative estimate of drug-likeness (QED) is 0.458. The highest BCUT2D eigenvalue weighted by atomic mass is 16.5. The number of esters is 2. The molecule has 0 amide bonds. The van der Waals surface area contributed by atoms with Crippen LogP contribution in [0.5, 0.6) is 0 Å². The van der Waals surface area contributed by atoms with Crippen LogP contribution in [-0.2, 0) is 19.1 Å². The van der Waals surface area contributed by atoms with Gasteiger partial charge in [0.05, 0.1) is 20.6 Å². The first kappa shape index (κ1) is 14.6. The van der Waals surface area contributed by atoms with E-state index in [0.29, 0.717) is 11.1 Å². The maximum Gasteiger partial charge on any atom is 0.334 e. The van der Waals surface area contributed by atoms with Crippen LogP contribution >= 0.6 is 0 Å². The second-order valence-electron chi connectivity index (χ2n) is 3.70. The molecule has 0 bridgehead atoms. The van der Waals surface area contributed by atoms with Crippen molar-refractivity contribution in [1.29, 1.82) is 0 Å². The Labute approximate surface area is 110 Å². The van der Waals surface area contributed by atoms with Crippen molar-refractivity contribution in [2.24, 2.45) is 0 Å². The summed E-state index contributed by atoms with van der Waals surface area (Å²) in [4.78, 5) is 33.3. The van der Waals surface area contributed by atoms with Crippen LogP contribution in [0.3, 0.4) is 0 Å². The predicted molar refractivity (Wildman–Crippen MR) is 68.5 cm³/mol. The monoisotopic (exact) mass is 262 g/mol. The van der Waals surface area contributed by atoms with Gasteiger partial charge in [-0.15, -0.1) is 0 Å². The van der Waals surface area contributed by atoms with Gasteiger partial charge < -0.3 is 9.47 Å². The highest BCUT2D eigenvalue weighted by Crippen LogP contribution is 2.13. The molecule has 0 aromatic heterocycles. The molecule has 0 heterocycles. The third-order valence-electron chi connectivity index (χ3n) is 2.42. The Balaban J connectivity index is 3.00. The van der Waals surface area contributed by atoms with E-state index in [0.717, 1.165) is 6.29 Å². The molecule has 0 spiro atoms. The number of rotatable bonds is 5. The van der Waals surface area contributed by atoms with E-state index >= 15 is 0 Å². The van der Waals surface area contributed by atoms with Crippen LogP contribution in [0.4, 0.5) is 0 Å². The van der Waals surface area contributed by atoms with Crippen molar-refractivity contribution in [3.8, 4) is 0 Å². The van der Waals surface area contributed by atoms with Gasteiger partial charge in [0.15, 0.2) is 0 Å². The van der Waals surface area contributed by atoms with E-state index in [-0.39, 0.29) is 12.0 Å². The van der Waals surface area contributed by atoms with Gasteiger partial charge in [-0.1, -0.05) is 24.3 Å². The van der Waals surface area contributed by atoms with Crippen LogP contribution < -0.4 is 0 Å². The zero-order valence-corrected chi connectivity index (χ0v) is 10.7. The molecule has 5 nitrogen and oxygen atoms in total. The molecular weight excluding hydrogens is 248 g/mol. The fourth-order valence-electron chi connectivity index (χ4n) is 1.41. The third kappa shape index (κ3) is 4.39. The summed E-state index contributed by atoms with van der Waals surface area (Å²) < 4.78 is 9.12. The van der Waals surface area contributed by atoms with Crippen molar-refractivity contribution in [2.75, 3.05) is 14.2 Å². The van der Waals surface area contributed by atoms with Crippen LogP contribution in [0.1, 0.15) is 22.3 Å². The summed E-state index contributed by atoms with van der Waals surface area (Å²) in [7, 11) is 2.49. The van der Waals surface area contributed by atoms with Crippen LogP contribution in [0.2, 0.25) is 0 Å². The molecule has 0 unspecified atom stereocenters. The number of hydrogen-bond donors (Lipinski definition) is 0. The molecule has 1 aromatic carbocycles. The van der Waals surface area contributed by atoms with Gasteiger partial charge in [-0.05, 0) is 11.6 Å². The average molecular weight is 262 g/mol. The van der Waals surface area contributed by atoms with Crippen LogP contribution in [0.25, 0.3) is 6.08 Å². The summed E-state index contributed by atoms with van der Waals surface area (Å²) in [5.74, 6) is -1.12. The van der Waals surface area contributed by atoms with Crippen molar-refractivity contribution >= 4 is 24.3 Å². The lowest BCUT2D eigenvalue weighted by molar-refractivity contribution is -0.143. The zero-order chi connectivity index (χ0) is 14.3. The smallest absolute Gasteiger partial charge is 0.334 e. The van der Waals surface area contributed by atoms with Gasteiger partial charge in [-0.25, -0.2) is 4.79 Å². The molecular formula is C14H14O5. The molecule has 0 aliphatic rings. The summed E-state index contributed by atoms with van der Waals surface area (Å²) >= 11 is 0. The number of aldehydes is 1. The largest absolute Gasteiger partial charge is 0.469 e. The van der Waals surface area contributed by atoms with Crippen LogP contribution in [-0.4, -0.2) is 32.4 Å². The predicted octanol–water partition coefficient (Wildman–Crippen LogP) is 1.62. The number of carbonyl (C=O) groups is 3. The van der Waals surface area contributed by atoms with Gasteiger partial charge in [0.2, 0.25) is 0 Å². The second-order valence-corrected chi connectivity index (χ2v) is 3.70. The lowest BCUT2D eigenvalue weighted by atomic mass is 10.1. The Hall–Kier alpha value is -2.43. The zero-order valence-electron chi connectivity index (χ0n) is 10.7. The molecule has 0 aliphatic carbocycles. The van der Waals surface area contributed by atoms with E-state index in [4.69, 9.17) is 0 Å². The van der Waals surface area contributed by atoms with E-state index in [2.05, 4.69) is 9.47 Å². The van der Waals surface area contributed by atoms with Crippen molar-refractivity contribution in [3.05, 3.63) is 41.0 Å². The number of methoxy groups -OCH3 is 2. The van der Waals surface area contributed by atoms with E-state index < -0.39 is 11.9 Å². The van der Waals surface area contributed by atoms with E-state index in [1.807, 2.05) is 0 Å². The minimum atomic E-state index is -0.593. The second kappa shape index (κ2) is 7.10. The van der Waals surface area contributed by atoms with Crippen LogP contribution in [0, 0.1) is 0 Å². The van der Waals surface area contributed by atoms with Gasteiger partial charge in [-0.2, -0.15) is 0 Å². The lowest BCUT2D eigenvalue weighted by Crippen LogP contribution is -2.10. The Bertz CT molecular complexity index is 499. The molecule has 0 saturated carbocycles. The molecule has 0 radical (unpaired) electrons. The summed E-state index contributed by atoms with van der Waals surface area (Å²) in [6.07, 6.45) is 2.08.